The van der Waals surface area contributed by atoms with Gasteiger partial charge in [0, 0.05) is 19.0 Å². The van der Waals surface area contributed by atoms with Gasteiger partial charge in [0.1, 0.15) is 0 Å². The van der Waals surface area contributed by atoms with Gasteiger partial charge < -0.3 is 5.11 Å². The van der Waals surface area contributed by atoms with Gasteiger partial charge in [-0.2, -0.15) is 0 Å². The Morgan fingerprint density at radius 3 is 2.60 bits per heavy atom. The molecule has 2 N–H and O–H groups in total. The molecule has 0 aliphatic rings. The van der Waals surface area contributed by atoms with E-state index in [1.165, 1.54) is 12.1 Å². The molecule has 0 heterocycles. The number of benzene rings is 1. The summed E-state index contributed by atoms with van der Waals surface area (Å²) in [5, 5.41) is 19.4. The fraction of sp³-hybridized carbons (Fsp3) is 0.364. The summed E-state index contributed by atoms with van der Waals surface area (Å²) in [7, 11) is -4.05. The average Bonchev–Trinajstić information content (AvgIpc) is 2.36. The van der Waals surface area contributed by atoms with Crippen molar-refractivity contribution >= 4 is 21.7 Å². The molecule has 1 rings (SSSR count). The lowest BCUT2D eigenvalue weighted by atomic mass is 10.1. The molecule has 0 amide bonds. The molecular weight excluding hydrogens is 288 g/mol. The number of sulfonamides is 1. The number of rotatable bonds is 7. The summed E-state index contributed by atoms with van der Waals surface area (Å²) in [5.74, 6) is -1.47. The van der Waals surface area contributed by atoms with Crippen LogP contribution in [0.5, 0.6) is 0 Å². The molecule has 110 valence electrons. The number of carboxylic acids is 1. The molecule has 0 fully saturated rings. The van der Waals surface area contributed by atoms with Crippen LogP contribution in [-0.4, -0.2) is 31.0 Å². The van der Waals surface area contributed by atoms with E-state index in [2.05, 4.69) is 4.72 Å². The van der Waals surface area contributed by atoms with Crippen molar-refractivity contribution in [2.45, 2.75) is 18.2 Å². The number of para-hydroxylation sites is 1. The van der Waals surface area contributed by atoms with Gasteiger partial charge in [-0.05, 0) is 12.0 Å². The summed E-state index contributed by atoms with van der Waals surface area (Å²) in [6.45, 7) is 1.46. The molecular formula is C11H14N2O6S. The van der Waals surface area contributed by atoms with Crippen molar-refractivity contribution in [3.8, 4) is 0 Å². The number of aliphatic carboxylic acids is 1. The number of hydrogen-bond acceptors (Lipinski definition) is 5. The standard InChI is InChI=1S/C11H14N2O6S/c1-8(6-11(14)15)7-12-20(18,19)10-5-3-2-4-9(10)13(16)17/h2-5,8,12H,6-7H2,1H3,(H,14,15). The Morgan fingerprint density at radius 1 is 1.45 bits per heavy atom. The largest absolute Gasteiger partial charge is 0.481 e. The first kappa shape index (κ1) is 16.1. The molecule has 1 aromatic carbocycles. The first-order chi connectivity index (χ1) is 9.24. The summed E-state index contributed by atoms with van der Waals surface area (Å²) < 4.78 is 26.1. The number of nitrogens with zero attached hydrogens (tertiary/aromatic N) is 1. The van der Waals surface area contributed by atoms with E-state index < -0.39 is 37.4 Å². The van der Waals surface area contributed by atoms with E-state index in [0.717, 1.165) is 12.1 Å². The maximum absolute atomic E-state index is 12.0. The average molecular weight is 302 g/mol. The third kappa shape index (κ3) is 4.28. The van der Waals surface area contributed by atoms with Crippen molar-refractivity contribution in [3.05, 3.63) is 34.4 Å². The van der Waals surface area contributed by atoms with Crippen molar-refractivity contribution < 1.29 is 23.2 Å². The minimum absolute atomic E-state index is 0.110. The fourth-order valence-corrected chi connectivity index (χ4v) is 2.87. The molecule has 0 saturated heterocycles. The molecule has 8 nitrogen and oxygen atoms in total. The lowest BCUT2D eigenvalue weighted by Crippen LogP contribution is -2.29. The molecule has 0 bridgehead atoms. The highest BCUT2D eigenvalue weighted by Crippen LogP contribution is 2.22. The Morgan fingerprint density at radius 2 is 2.05 bits per heavy atom. The molecule has 0 radical (unpaired) electrons. The lowest BCUT2D eigenvalue weighted by molar-refractivity contribution is -0.387. The van der Waals surface area contributed by atoms with Crippen molar-refractivity contribution in [3.63, 3.8) is 0 Å². The number of hydrogen-bond donors (Lipinski definition) is 2. The molecule has 1 atom stereocenters. The molecule has 1 unspecified atom stereocenters. The van der Waals surface area contributed by atoms with Crippen molar-refractivity contribution in [2.75, 3.05) is 6.54 Å². The molecule has 1 aromatic rings. The normalized spacial score (nSPS) is 12.8. The van der Waals surface area contributed by atoms with E-state index in [1.807, 2.05) is 0 Å². The summed E-state index contributed by atoms with van der Waals surface area (Å²) >= 11 is 0. The lowest BCUT2D eigenvalue weighted by Gasteiger charge is -2.11. The fourth-order valence-electron chi connectivity index (χ4n) is 1.54. The zero-order valence-electron chi connectivity index (χ0n) is 10.6. The number of carbonyl (C=O) groups is 1. The Bertz CT molecular complexity index is 613. The smallest absolute Gasteiger partial charge is 0.303 e. The number of nitro benzene ring substituents is 1. The van der Waals surface area contributed by atoms with E-state index >= 15 is 0 Å². The Hall–Kier alpha value is -2.00. The monoisotopic (exact) mass is 302 g/mol. The molecule has 0 aliphatic heterocycles. The van der Waals surface area contributed by atoms with Crippen LogP contribution >= 0.6 is 0 Å². The minimum atomic E-state index is -4.05. The van der Waals surface area contributed by atoms with Gasteiger partial charge in [-0.25, -0.2) is 13.1 Å². The number of carboxylic acid groups (broad SMARTS) is 1. The van der Waals surface area contributed by atoms with Gasteiger partial charge in [-0.3, -0.25) is 14.9 Å². The third-order valence-corrected chi connectivity index (χ3v) is 3.97. The summed E-state index contributed by atoms with van der Waals surface area (Å²) in [6.07, 6.45) is -0.195. The van der Waals surface area contributed by atoms with E-state index in [4.69, 9.17) is 5.11 Å². The Labute approximate surface area is 115 Å². The second kappa shape index (κ2) is 6.44. The molecule has 0 aromatic heterocycles. The second-order valence-corrected chi connectivity index (χ2v) is 6.02. The number of nitro groups is 1. The molecule has 0 spiro atoms. The SMILES string of the molecule is CC(CNS(=O)(=O)c1ccccc1[N+](=O)[O-])CC(=O)O. The van der Waals surface area contributed by atoms with Crippen molar-refractivity contribution in [1.29, 1.82) is 0 Å². The highest BCUT2D eigenvalue weighted by Gasteiger charge is 2.25. The first-order valence-electron chi connectivity index (χ1n) is 5.69. The summed E-state index contributed by atoms with van der Waals surface area (Å²) in [4.78, 5) is 20.0. The first-order valence-corrected chi connectivity index (χ1v) is 7.17. The van der Waals surface area contributed by atoms with Crippen LogP contribution in [0.1, 0.15) is 13.3 Å². The van der Waals surface area contributed by atoms with Crippen molar-refractivity contribution in [1.82, 2.24) is 4.72 Å². The van der Waals surface area contributed by atoms with Gasteiger partial charge in [0.15, 0.2) is 4.90 Å². The van der Waals surface area contributed by atoms with Crippen LogP contribution in [0.15, 0.2) is 29.2 Å². The third-order valence-electron chi connectivity index (χ3n) is 2.50. The van der Waals surface area contributed by atoms with Gasteiger partial charge in [-0.1, -0.05) is 19.1 Å². The molecule has 0 aliphatic carbocycles. The minimum Gasteiger partial charge on any atom is -0.481 e. The predicted molar refractivity (Wildman–Crippen MR) is 69.7 cm³/mol. The molecule has 0 saturated carbocycles. The van der Waals surface area contributed by atoms with Gasteiger partial charge >= 0.3 is 5.97 Å². The maximum atomic E-state index is 12.0. The van der Waals surface area contributed by atoms with Crippen LogP contribution in [0, 0.1) is 16.0 Å². The van der Waals surface area contributed by atoms with Gasteiger partial charge in [0.05, 0.1) is 4.92 Å². The summed E-state index contributed by atoms with van der Waals surface area (Å²) in [6, 6.07) is 4.96. The van der Waals surface area contributed by atoms with Gasteiger partial charge in [-0.15, -0.1) is 0 Å². The quantitative estimate of drug-likeness (QED) is 0.571. The number of nitrogens with one attached hydrogen (secondary N) is 1. The second-order valence-electron chi connectivity index (χ2n) is 4.28. The molecule has 9 heteroatoms. The Balaban J connectivity index is 2.90. The van der Waals surface area contributed by atoms with Crippen LogP contribution in [-0.2, 0) is 14.8 Å². The highest BCUT2D eigenvalue weighted by atomic mass is 32.2. The topological polar surface area (TPSA) is 127 Å². The van der Waals surface area contributed by atoms with E-state index in [0.29, 0.717) is 0 Å². The van der Waals surface area contributed by atoms with Crippen molar-refractivity contribution in [2.24, 2.45) is 5.92 Å². The van der Waals surface area contributed by atoms with Crippen LogP contribution in [0.4, 0.5) is 5.69 Å². The van der Waals surface area contributed by atoms with E-state index in [-0.39, 0.29) is 13.0 Å². The highest BCUT2D eigenvalue weighted by molar-refractivity contribution is 7.89. The van der Waals surface area contributed by atoms with Gasteiger partial charge in [0.2, 0.25) is 10.0 Å². The zero-order chi connectivity index (χ0) is 15.3. The van der Waals surface area contributed by atoms with Crippen LogP contribution < -0.4 is 4.72 Å². The summed E-state index contributed by atoms with van der Waals surface area (Å²) in [5.41, 5.74) is -0.522. The predicted octanol–water partition coefficient (Wildman–Crippen LogP) is 0.984. The van der Waals surface area contributed by atoms with Crippen LogP contribution in [0.25, 0.3) is 0 Å². The van der Waals surface area contributed by atoms with E-state index in [9.17, 15) is 23.3 Å². The maximum Gasteiger partial charge on any atom is 0.303 e. The van der Waals surface area contributed by atoms with Gasteiger partial charge in [0.25, 0.3) is 5.69 Å². The molecule has 20 heavy (non-hydrogen) atoms. The Kier molecular flexibility index (Phi) is 5.17. The van der Waals surface area contributed by atoms with Crippen LogP contribution in [0.2, 0.25) is 0 Å². The zero-order valence-corrected chi connectivity index (χ0v) is 11.5. The van der Waals surface area contributed by atoms with Crippen LogP contribution in [0.3, 0.4) is 0 Å². The van der Waals surface area contributed by atoms with E-state index in [1.54, 1.807) is 6.92 Å².